The number of carbonyl (C=O) groups is 1. The highest BCUT2D eigenvalue weighted by Crippen LogP contribution is 2.27. The van der Waals surface area contributed by atoms with Crippen molar-refractivity contribution in [3.63, 3.8) is 0 Å². The molecule has 1 aliphatic heterocycles. The highest BCUT2D eigenvalue weighted by Gasteiger charge is 2.23. The minimum Gasteiger partial charge on any atom is -0.446 e. The number of aryl methyl sites for hydroxylation is 2. The SMILES string of the molecule is Cc1nc2c(o1)CCN(C(=O)Cn1cc(-c3ccc(F)c(C)c3)nc1-c1ccccc1)CC2. The van der Waals surface area contributed by atoms with Gasteiger partial charge in [-0.2, -0.15) is 0 Å². The maximum Gasteiger partial charge on any atom is 0.242 e. The molecule has 0 unspecified atom stereocenters. The average molecular weight is 445 g/mol. The second kappa shape index (κ2) is 8.65. The smallest absolute Gasteiger partial charge is 0.242 e. The van der Waals surface area contributed by atoms with Gasteiger partial charge < -0.3 is 13.9 Å². The van der Waals surface area contributed by atoms with E-state index in [1.54, 1.807) is 19.1 Å². The lowest BCUT2D eigenvalue weighted by Crippen LogP contribution is -2.36. The zero-order chi connectivity index (χ0) is 22.9. The first-order valence-electron chi connectivity index (χ1n) is 11.1. The molecule has 0 saturated carbocycles. The van der Waals surface area contributed by atoms with Crippen molar-refractivity contribution >= 4 is 5.91 Å². The molecule has 7 heteroatoms. The van der Waals surface area contributed by atoms with E-state index in [0.717, 1.165) is 22.6 Å². The summed E-state index contributed by atoms with van der Waals surface area (Å²) in [7, 11) is 0. The summed E-state index contributed by atoms with van der Waals surface area (Å²) in [4.78, 5) is 24.4. The first-order valence-corrected chi connectivity index (χ1v) is 11.1. The van der Waals surface area contributed by atoms with Crippen LogP contribution < -0.4 is 0 Å². The molecule has 1 aliphatic rings. The predicted octanol–water partition coefficient (Wildman–Crippen LogP) is 4.59. The van der Waals surface area contributed by atoms with Crippen molar-refractivity contribution in [3.8, 4) is 22.6 Å². The van der Waals surface area contributed by atoms with Crippen LogP contribution in [0.4, 0.5) is 4.39 Å². The maximum atomic E-state index is 13.8. The fourth-order valence-electron chi connectivity index (χ4n) is 4.28. The predicted molar refractivity (Wildman–Crippen MR) is 123 cm³/mol. The summed E-state index contributed by atoms with van der Waals surface area (Å²) < 4.78 is 21.4. The van der Waals surface area contributed by atoms with Gasteiger partial charge in [0.05, 0.1) is 11.4 Å². The van der Waals surface area contributed by atoms with Crippen LogP contribution in [0.15, 0.2) is 59.1 Å². The van der Waals surface area contributed by atoms with Crippen molar-refractivity contribution in [1.82, 2.24) is 19.4 Å². The van der Waals surface area contributed by atoms with E-state index >= 15 is 0 Å². The molecule has 6 nitrogen and oxygen atoms in total. The molecule has 0 N–H and O–H groups in total. The van der Waals surface area contributed by atoms with Gasteiger partial charge in [0.2, 0.25) is 5.91 Å². The Balaban J connectivity index is 1.42. The number of oxazole rings is 1. The topological polar surface area (TPSA) is 64.2 Å². The standard InChI is InChI=1S/C26H25FN4O2/c1-17-14-20(8-9-21(17)27)23-15-31(26(29-23)19-6-4-3-5-7-19)16-25(32)30-12-10-22-24(11-13-30)33-18(2)28-22/h3-9,14-15H,10-13,16H2,1-2H3. The molecular weight excluding hydrogens is 419 g/mol. The Morgan fingerprint density at radius 3 is 2.61 bits per heavy atom. The number of imidazole rings is 1. The zero-order valence-corrected chi connectivity index (χ0v) is 18.7. The van der Waals surface area contributed by atoms with Crippen LogP contribution in [0.25, 0.3) is 22.6 Å². The van der Waals surface area contributed by atoms with Gasteiger partial charge in [-0.3, -0.25) is 4.79 Å². The molecule has 1 amide bonds. The quantitative estimate of drug-likeness (QED) is 0.462. The van der Waals surface area contributed by atoms with Gasteiger partial charge in [0, 0.05) is 50.2 Å². The first-order chi connectivity index (χ1) is 16.0. The molecule has 0 saturated heterocycles. The molecule has 33 heavy (non-hydrogen) atoms. The number of halogens is 1. The van der Waals surface area contributed by atoms with Crippen LogP contribution in [0.3, 0.4) is 0 Å². The van der Waals surface area contributed by atoms with Crippen LogP contribution in [0.2, 0.25) is 0 Å². The number of amides is 1. The fraction of sp³-hybridized carbons (Fsp3) is 0.269. The summed E-state index contributed by atoms with van der Waals surface area (Å²) in [6.07, 6.45) is 3.23. The Hall–Kier alpha value is -3.74. The lowest BCUT2D eigenvalue weighted by molar-refractivity contribution is -0.131. The second-order valence-electron chi connectivity index (χ2n) is 8.39. The third-order valence-corrected chi connectivity index (χ3v) is 6.03. The van der Waals surface area contributed by atoms with E-state index in [-0.39, 0.29) is 18.3 Å². The lowest BCUT2D eigenvalue weighted by atomic mass is 10.1. The van der Waals surface area contributed by atoms with Gasteiger partial charge in [-0.25, -0.2) is 14.4 Å². The highest BCUT2D eigenvalue weighted by molar-refractivity contribution is 5.77. The van der Waals surface area contributed by atoms with E-state index in [1.165, 1.54) is 6.07 Å². The number of nitrogens with zero attached hydrogens (tertiary/aromatic N) is 4. The highest BCUT2D eigenvalue weighted by atomic mass is 19.1. The average Bonchev–Trinajstić information content (AvgIpc) is 3.33. The third kappa shape index (κ3) is 4.31. The zero-order valence-electron chi connectivity index (χ0n) is 18.7. The molecule has 168 valence electrons. The molecule has 0 aliphatic carbocycles. The van der Waals surface area contributed by atoms with Crippen molar-refractivity contribution in [2.24, 2.45) is 0 Å². The molecule has 0 fully saturated rings. The molecule has 0 radical (unpaired) electrons. The lowest BCUT2D eigenvalue weighted by Gasteiger charge is -2.21. The summed E-state index contributed by atoms with van der Waals surface area (Å²) >= 11 is 0. The van der Waals surface area contributed by atoms with E-state index in [1.807, 2.05) is 52.9 Å². The van der Waals surface area contributed by atoms with Crippen molar-refractivity contribution in [2.75, 3.05) is 13.1 Å². The molecule has 5 rings (SSSR count). The van der Waals surface area contributed by atoms with Gasteiger partial charge in [-0.05, 0) is 30.7 Å². The summed E-state index contributed by atoms with van der Waals surface area (Å²) in [6.45, 7) is 4.96. The number of fused-ring (bicyclic) bond motifs is 1. The van der Waals surface area contributed by atoms with E-state index in [9.17, 15) is 9.18 Å². The van der Waals surface area contributed by atoms with Crippen molar-refractivity contribution in [1.29, 1.82) is 0 Å². The van der Waals surface area contributed by atoms with Crippen LogP contribution in [-0.2, 0) is 24.2 Å². The number of benzene rings is 2. The van der Waals surface area contributed by atoms with Crippen LogP contribution in [0.1, 0.15) is 22.9 Å². The molecule has 0 bridgehead atoms. The van der Waals surface area contributed by atoms with Crippen LogP contribution in [0, 0.1) is 19.7 Å². The molecule has 4 aromatic rings. The number of aromatic nitrogens is 3. The largest absolute Gasteiger partial charge is 0.446 e. The second-order valence-corrected chi connectivity index (χ2v) is 8.39. The van der Waals surface area contributed by atoms with E-state index < -0.39 is 0 Å². The monoisotopic (exact) mass is 444 g/mol. The Morgan fingerprint density at radius 1 is 1.03 bits per heavy atom. The van der Waals surface area contributed by atoms with Crippen molar-refractivity contribution in [2.45, 2.75) is 33.2 Å². The van der Waals surface area contributed by atoms with Crippen LogP contribution in [0.5, 0.6) is 0 Å². The molecule has 2 aromatic heterocycles. The number of carbonyl (C=O) groups excluding carboxylic acids is 1. The fourth-order valence-corrected chi connectivity index (χ4v) is 4.28. The van der Waals surface area contributed by atoms with E-state index in [2.05, 4.69) is 4.98 Å². The normalized spacial score (nSPS) is 13.6. The van der Waals surface area contributed by atoms with Gasteiger partial charge in [0.15, 0.2) is 5.89 Å². The maximum absolute atomic E-state index is 13.8. The molecule has 0 spiro atoms. The van der Waals surface area contributed by atoms with Gasteiger partial charge in [0.1, 0.15) is 23.9 Å². The van der Waals surface area contributed by atoms with Gasteiger partial charge in [0.25, 0.3) is 0 Å². The summed E-state index contributed by atoms with van der Waals surface area (Å²) in [5, 5.41) is 0. The van der Waals surface area contributed by atoms with Crippen molar-refractivity contribution < 1.29 is 13.6 Å². The summed E-state index contributed by atoms with van der Waals surface area (Å²) in [5.41, 5.74) is 3.96. The first kappa shape index (κ1) is 21.1. The van der Waals surface area contributed by atoms with E-state index in [4.69, 9.17) is 9.40 Å². The number of rotatable bonds is 4. The van der Waals surface area contributed by atoms with E-state index in [0.29, 0.717) is 48.9 Å². The van der Waals surface area contributed by atoms with Gasteiger partial charge >= 0.3 is 0 Å². The minimum atomic E-state index is -0.248. The number of hydrogen-bond donors (Lipinski definition) is 0. The van der Waals surface area contributed by atoms with Gasteiger partial charge in [-0.15, -0.1) is 0 Å². The molecule has 2 aromatic carbocycles. The molecule has 0 atom stereocenters. The summed E-state index contributed by atoms with van der Waals surface area (Å²) in [5.74, 6) is 2.04. The Labute approximate surface area is 191 Å². The molecular formula is C26H25FN4O2. The molecule has 3 heterocycles. The van der Waals surface area contributed by atoms with Crippen LogP contribution in [-0.4, -0.2) is 38.4 Å². The Bertz CT molecular complexity index is 1280. The Morgan fingerprint density at radius 2 is 1.82 bits per heavy atom. The third-order valence-electron chi connectivity index (χ3n) is 6.03. The van der Waals surface area contributed by atoms with Crippen LogP contribution >= 0.6 is 0 Å². The van der Waals surface area contributed by atoms with Gasteiger partial charge in [-0.1, -0.05) is 30.3 Å². The minimum absolute atomic E-state index is 0.0216. The number of hydrogen-bond acceptors (Lipinski definition) is 4. The van der Waals surface area contributed by atoms with Crippen molar-refractivity contribution in [3.05, 3.63) is 83.5 Å². The summed E-state index contributed by atoms with van der Waals surface area (Å²) in [6, 6.07) is 14.7. The Kier molecular flexibility index (Phi) is 5.54.